The molecule has 21 heavy (non-hydrogen) atoms. The quantitative estimate of drug-likeness (QED) is 0.660. The Morgan fingerprint density at radius 1 is 1.24 bits per heavy atom. The standard InChI is InChI=1S/C16H24N4O/c1-9(2)7-12-13(16(12,5)6)14(21)19-20-15-17-10(3)8-11(4)18-15/h7-8,12-13H,1-6H3,(H,19,21)(H,17,18,20)/t12-,13+/m0/s1. The Morgan fingerprint density at radius 2 is 1.81 bits per heavy atom. The fourth-order valence-corrected chi connectivity index (χ4v) is 2.83. The molecule has 0 spiro atoms. The Kier molecular flexibility index (Phi) is 4.03. The first-order valence-electron chi connectivity index (χ1n) is 7.25. The fraction of sp³-hybridized carbons (Fsp3) is 0.562. The van der Waals surface area contributed by atoms with Crippen LogP contribution >= 0.6 is 0 Å². The lowest BCUT2D eigenvalue weighted by Crippen LogP contribution is -2.33. The lowest BCUT2D eigenvalue weighted by molar-refractivity contribution is -0.122. The van der Waals surface area contributed by atoms with Crippen LogP contribution < -0.4 is 10.9 Å². The zero-order valence-electron chi connectivity index (χ0n) is 13.6. The van der Waals surface area contributed by atoms with Crippen molar-refractivity contribution in [2.75, 3.05) is 5.43 Å². The lowest BCUT2D eigenvalue weighted by Gasteiger charge is -2.08. The van der Waals surface area contributed by atoms with Crippen LogP contribution in [0.2, 0.25) is 0 Å². The van der Waals surface area contributed by atoms with Crippen molar-refractivity contribution in [2.24, 2.45) is 17.3 Å². The van der Waals surface area contributed by atoms with E-state index in [1.807, 2.05) is 19.9 Å². The summed E-state index contributed by atoms with van der Waals surface area (Å²) in [6.45, 7) is 12.2. The summed E-state index contributed by atoms with van der Waals surface area (Å²) in [4.78, 5) is 20.8. The SMILES string of the molecule is CC(C)=C[C@H]1[C@H](C(=O)NNc2nc(C)cc(C)n2)C1(C)C. The maximum absolute atomic E-state index is 12.3. The van der Waals surface area contributed by atoms with Gasteiger partial charge in [0.05, 0.1) is 5.92 Å². The summed E-state index contributed by atoms with van der Waals surface area (Å²) in [7, 11) is 0. The molecule has 0 bridgehead atoms. The molecule has 114 valence electrons. The van der Waals surface area contributed by atoms with Crippen LogP contribution in [0.25, 0.3) is 0 Å². The Labute approximate surface area is 126 Å². The van der Waals surface area contributed by atoms with Crippen LogP contribution in [0.3, 0.4) is 0 Å². The molecular formula is C16H24N4O. The van der Waals surface area contributed by atoms with E-state index < -0.39 is 0 Å². The van der Waals surface area contributed by atoms with Gasteiger partial charge < -0.3 is 0 Å². The predicted octanol–water partition coefficient (Wildman–Crippen LogP) is 2.77. The van der Waals surface area contributed by atoms with Gasteiger partial charge in [0.1, 0.15) is 0 Å². The molecule has 0 saturated heterocycles. The number of nitrogens with one attached hydrogen (secondary N) is 2. The number of allylic oxidation sites excluding steroid dienone is 2. The molecule has 1 saturated carbocycles. The van der Waals surface area contributed by atoms with Gasteiger partial charge in [0.25, 0.3) is 0 Å². The molecule has 5 nitrogen and oxygen atoms in total. The van der Waals surface area contributed by atoms with Gasteiger partial charge >= 0.3 is 0 Å². The van der Waals surface area contributed by atoms with Crippen molar-refractivity contribution < 1.29 is 4.79 Å². The minimum atomic E-state index is -0.00902. The first kappa shape index (κ1) is 15.5. The number of aromatic nitrogens is 2. The number of amides is 1. The van der Waals surface area contributed by atoms with Gasteiger partial charge in [0.15, 0.2) is 0 Å². The highest BCUT2D eigenvalue weighted by molar-refractivity contribution is 5.84. The third-order valence-corrected chi connectivity index (χ3v) is 3.99. The first-order chi connectivity index (χ1) is 9.71. The lowest BCUT2D eigenvalue weighted by atomic mass is 10.1. The molecule has 2 N–H and O–H groups in total. The van der Waals surface area contributed by atoms with Crippen molar-refractivity contribution >= 4 is 11.9 Å². The van der Waals surface area contributed by atoms with Gasteiger partial charge in [-0.25, -0.2) is 9.97 Å². The first-order valence-corrected chi connectivity index (χ1v) is 7.25. The number of rotatable bonds is 4. The van der Waals surface area contributed by atoms with Crippen molar-refractivity contribution in [1.29, 1.82) is 0 Å². The van der Waals surface area contributed by atoms with Gasteiger partial charge in [-0.1, -0.05) is 25.5 Å². The van der Waals surface area contributed by atoms with Gasteiger partial charge in [-0.2, -0.15) is 0 Å². The van der Waals surface area contributed by atoms with Crippen LogP contribution in [0.1, 0.15) is 39.1 Å². The van der Waals surface area contributed by atoms with Crippen molar-refractivity contribution in [3.63, 3.8) is 0 Å². The third-order valence-electron chi connectivity index (χ3n) is 3.99. The Hall–Kier alpha value is -1.91. The van der Waals surface area contributed by atoms with Crippen molar-refractivity contribution in [1.82, 2.24) is 15.4 Å². The molecule has 0 aromatic carbocycles. The molecule has 1 aliphatic rings. The molecule has 1 heterocycles. The molecule has 1 aliphatic carbocycles. The maximum Gasteiger partial charge on any atom is 0.242 e. The molecule has 0 aliphatic heterocycles. The summed E-state index contributed by atoms with van der Waals surface area (Å²) < 4.78 is 0. The molecule has 1 aromatic rings. The number of hydrogen-bond donors (Lipinski definition) is 2. The number of anilines is 1. The van der Waals surface area contributed by atoms with Gasteiger partial charge in [-0.3, -0.25) is 15.6 Å². The summed E-state index contributed by atoms with van der Waals surface area (Å²) in [5.41, 5.74) is 8.54. The Balaban J connectivity index is 1.98. The fourth-order valence-electron chi connectivity index (χ4n) is 2.83. The van der Waals surface area contributed by atoms with E-state index in [1.165, 1.54) is 5.57 Å². The Bertz CT molecular complexity index is 568. The van der Waals surface area contributed by atoms with Crippen molar-refractivity contribution in [3.05, 3.63) is 29.1 Å². The summed E-state index contributed by atoms with van der Waals surface area (Å²) >= 11 is 0. The van der Waals surface area contributed by atoms with E-state index in [0.717, 1.165) is 11.4 Å². The predicted molar refractivity (Wildman–Crippen MR) is 83.5 cm³/mol. The van der Waals surface area contributed by atoms with E-state index in [4.69, 9.17) is 0 Å². The average molecular weight is 288 g/mol. The molecule has 5 heteroatoms. The third kappa shape index (κ3) is 3.40. The topological polar surface area (TPSA) is 66.9 Å². The molecule has 0 radical (unpaired) electrons. The number of carbonyl (C=O) groups excluding carboxylic acids is 1. The largest absolute Gasteiger partial charge is 0.273 e. The second kappa shape index (κ2) is 5.47. The van der Waals surface area contributed by atoms with Gasteiger partial charge in [0, 0.05) is 11.4 Å². The zero-order chi connectivity index (χ0) is 15.8. The maximum atomic E-state index is 12.3. The van der Waals surface area contributed by atoms with Gasteiger partial charge in [-0.15, -0.1) is 0 Å². The second-order valence-electron chi connectivity index (χ2n) is 6.66. The molecule has 0 unspecified atom stereocenters. The number of hydrazine groups is 1. The number of nitrogens with zero attached hydrogens (tertiary/aromatic N) is 2. The Morgan fingerprint density at radius 3 is 2.33 bits per heavy atom. The van der Waals surface area contributed by atoms with Gasteiger partial charge in [-0.05, 0) is 45.1 Å². The highest BCUT2D eigenvalue weighted by atomic mass is 16.2. The van der Waals surface area contributed by atoms with Crippen LogP contribution in [0.15, 0.2) is 17.7 Å². The van der Waals surface area contributed by atoms with Crippen LogP contribution in [0.4, 0.5) is 5.95 Å². The second-order valence-corrected chi connectivity index (χ2v) is 6.66. The monoisotopic (exact) mass is 288 g/mol. The summed E-state index contributed by atoms with van der Waals surface area (Å²) in [5.74, 6) is 0.707. The summed E-state index contributed by atoms with van der Waals surface area (Å²) in [6, 6.07) is 1.89. The number of hydrogen-bond acceptors (Lipinski definition) is 4. The molecule has 1 aromatic heterocycles. The van der Waals surface area contributed by atoms with E-state index in [-0.39, 0.29) is 17.2 Å². The minimum Gasteiger partial charge on any atom is -0.273 e. The van der Waals surface area contributed by atoms with E-state index in [0.29, 0.717) is 11.9 Å². The molecule has 1 fully saturated rings. The van der Waals surface area contributed by atoms with E-state index in [1.54, 1.807) is 0 Å². The van der Waals surface area contributed by atoms with Crippen LogP contribution in [-0.2, 0) is 4.79 Å². The minimum absolute atomic E-state index is 0.00636. The molecule has 2 rings (SSSR count). The van der Waals surface area contributed by atoms with E-state index in [2.05, 4.69) is 54.6 Å². The van der Waals surface area contributed by atoms with E-state index in [9.17, 15) is 4.79 Å². The van der Waals surface area contributed by atoms with Crippen molar-refractivity contribution in [2.45, 2.75) is 41.5 Å². The summed E-state index contributed by atoms with van der Waals surface area (Å²) in [6.07, 6.45) is 2.18. The smallest absolute Gasteiger partial charge is 0.242 e. The highest BCUT2D eigenvalue weighted by Gasteiger charge is 2.60. The van der Waals surface area contributed by atoms with Crippen LogP contribution in [0, 0.1) is 31.1 Å². The van der Waals surface area contributed by atoms with Crippen LogP contribution in [0.5, 0.6) is 0 Å². The number of aryl methyl sites for hydroxylation is 2. The normalized spacial score (nSPS) is 22.4. The van der Waals surface area contributed by atoms with Gasteiger partial charge in [0.2, 0.25) is 11.9 Å². The molecular weight excluding hydrogens is 264 g/mol. The van der Waals surface area contributed by atoms with Crippen LogP contribution in [-0.4, -0.2) is 15.9 Å². The zero-order valence-corrected chi connectivity index (χ0v) is 13.6. The average Bonchev–Trinajstić information content (AvgIpc) is 2.85. The molecule has 1 amide bonds. The summed E-state index contributed by atoms with van der Waals surface area (Å²) in [5, 5.41) is 0. The highest BCUT2D eigenvalue weighted by Crippen LogP contribution is 2.59. The number of carbonyl (C=O) groups is 1. The van der Waals surface area contributed by atoms with Crippen molar-refractivity contribution in [3.8, 4) is 0 Å². The van der Waals surface area contributed by atoms with E-state index >= 15 is 0 Å². The molecule has 2 atom stereocenters.